The van der Waals surface area contributed by atoms with Crippen LogP contribution in [0.2, 0.25) is 0 Å². The zero-order chi connectivity index (χ0) is 17.4. The maximum atomic E-state index is 12.5. The molecular formula is C18H34N2O3. The molecule has 1 aliphatic heterocycles. The molecule has 23 heavy (non-hydrogen) atoms. The second-order valence-corrected chi connectivity index (χ2v) is 7.39. The first kappa shape index (κ1) is 19.9. The predicted molar refractivity (Wildman–Crippen MR) is 92.1 cm³/mol. The molecule has 0 aromatic rings. The highest BCUT2D eigenvalue weighted by molar-refractivity contribution is 5.79. The zero-order valence-corrected chi connectivity index (χ0v) is 15.5. The number of rotatable bonds is 8. The van der Waals surface area contributed by atoms with Gasteiger partial charge in [0.25, 0.3) is 0 Å². The number of likely N-dealkylation sites (tertiary alicyclic amines) is 1. The van der Waals surface area contributed by atoms with Crippen molar-refractivity contribution < 1.29 is 14.3 Å². The standard InChI is InChI=1S/C18H34N2O3/c1-6-23-18(22)16-7-9-20(10-8-16)17(21)13-19(11-14(2)3)12-15(4)5/h14-16H,6-13H2,1-5H3. The molecule has 1 saturated heterocycles. The Bertz CT molecular complexity index is 364. The summed E-state index contributed by atoms with van der Waals surface area (Å²) in [6.45, 7) is 14.7. The quantitative estimate of drug-likeness (QED) is 0.643. The lowest BCUT2D eigenvalue weighted by Crippen LogP contribution is -2.46. The molecule has 5 nitrogen and oxygen atoms in total. The fraction of sp³-hybridized carbons (Fsp3) is 0.889. The van der Waals surface area contributed by atoms with E-state index < -0.39 is 0 Å². The van der Waals surface area contributed by atoms with Gasteiger partial charge in [-0.3, -0.25) is 14.5 Å². The molecule has 0 spiro atoms. The first-order valence-electron chi connectivity index (χ1n) is 9.00. The SMILES string of the molecule is CCOC(=O)C1CCN(C(=O)CN(CC(C)C)CC(C)C)CC1. The largest absolute Gasteiger partial charge is 0.466 e. The number of carbonyl (C=O) groups excluding carboxylic acids is 2. The van der Waals surface area contributed by atoms with Gasteiger partial charge in [-0.2, -0.15) is 0 Å². The van der Waals surface area contributed by atoms with Crippen molar-refractivity contribution in [3.05, 3.63) is 0 Å². The van der Waals surface area contributed by atoms with Crippen molar-refractivity contribution >= 4 is 11.9 Å². The van der Waals surface area contributed by atoms with Crippen LogP contribution >= 0.6 is 0 Å². The lowest BCUT2D eigenvalue weighted by Gasteiger charge is -2.33. The molecule has 0 unspecified atom stereocenters. The molecule has 0 aromatic carbocycles. The van der Waals surface area contributed by atoms with Crippen LogP contribution < -0.4 is 0 Å². The van der Waals surface area contributed by atoms with Crippen molar-refractivity contribution in [3.8, 4) is 0 Å². The van der Waals surface area contributed by atoms with Gasteiger partial charge in [0.15, 0.2) is 0 Å². The Balaban J connectivity index is 2.46. The summed E-state index contributed by atoms with van der Waals surface area (Å²) in [4.78, 5) is 28.5. The van der Waals surface area contributed by atoms with Crippen LogP contribution in [0.1, 0.15) is 47.5 Å². The Morgan fingerprint density at radius 1 is 1.09 bits per heavy atom. The number of nitrogens with zero attached hydrogens (tertiary/aromatic N) is 2. The van der Waals surface area contributed by atoms with E-state index in [9.17, 15) is 9.59 Å². The monoisotopic (exact) mass is 326 g/mol. The molecule has 0 N–H and O–H groups in total. The number of amides is 1. The summed E-state index contributed by atoms with van der Waals surface area (Å²) in [5, 5.41) is 0. The third-order valence-corrected chi connectivity index (χ3v) is 4.07. The van der Waals surface area contributed by atoms with Crippen LogP contribution in [0, 0.1) is 17.8 Å². The van der Waals surface area contributed by atoms with Gasteiger partial charge in [-0.05, 0) is 31.6 Å². The molecule has 1 fully saturated rings. The third kappa shape index (κ3) is 7.34. The third-order valence-electron chi connectivity index (χ3n) is 4.07. The van der Waals surface area contributed by atoms with E-state index >= 15 is 0 Å². The number of hydrogen-bond acceptors (Lipinski definition) is 4. The van der Waals surface area contributed by atoms with Crippen LogP contribution in [-0.2, 0) is 14.3 Å². The molecule has 0 aromatic heterocycles. The average Bonchev–Trinajstić information content (AvgIpc) is 2.46. The van der Waals surface area contributed by atoms with Gasteiger partial charge in [-0.1, -0.05) is 27.7 Å². The number of piperidine rings is 1. The predicted octanol–water partition coefficient (Wildman–Crippen LogP) is 2.40. The molecule has 1 aliphatic rings. The smallest absolute Gasteiger partial charge is 0.309 e. The highest BCUT2D eigenvalue weighted by Gasteiger charge is 2.28. The molecule has 0 aliphatic carbocycles. The summed E-state index contributed by atoms with van der Waals surface area (Å²) >= 11 is 0. The molecule has 0 atom stereocenters. The number of hydrogen-bond donors (Lipinski definition) is 0. The summed E-state index contributed by atoms with van der Waals surface area (Å²) in [6.07, 6.45) is 1.44. The van der Waals surface area contributed by atoms with E-state index in [1.165, 1.54) is 0 Å². The van der Waals surface area contributed by atoms with Gasteiger partial charge >= 0.3 is 5.97 Å². The molecule has 1 amide bonds. The fourth-order valence-electron chi connectivity index (χ4n) is 3.15. The lowest BCUT2D eigenvalue weighted by molar-refractivity contribution is -0.151. The summed E-state index contributed by atoms with van der Waals surface area (Å²) in [6, 6.07) is 0. The van der Waals surface area contributed by atoms with Gasteiger partial charge in [-0.25, -0.2) is 0 Å². The Labute approximate surface area is 141 Å². The van der Waals surface area contributed by atoms with Gasteiger partial charge in [0, 0.05) is 26.2 Å². The minimum Gasteiger partial charge on any atom is -0.466 e. The number of ether oxygens (including phenoxy) is 1. The summed E-state index contributed by atoms with van der Waals surface area (Å²) in [5.74, 6) is 1.14. The van der Waals surface area contributed by atoms with Crippen LogP contribution in [0.3, 0.4) is 0 Å². The van der Waals surface area contributed by atoms with E-state index in [4.69, 9.17) is 4.74 Å². The maximum absolute atomic E-state index is 12.5. The van der Waals surface area contributed by atoms with E-state index in [0.29, 0.717) is 38.1 Å². The Kier molecular flexibility index (Phi) is 8.59. The van der Waals surface area contributed by atoms with E-state index in [1.54, 1.807) is 0 Å². The minimum atomic E-state index is -0.110. The van der Waals surface area contributed by atoms with Gasteiger partial charge in [0.2, 0.25) is 5.91 Å². The van der Waals surface area contributed by atoms with Crippen molar-refractivity contribution in [3.63, 3.8) is 0 Å². The van der Waals surface area contributed by atoms with E-state index in [-0.39, 0.29) is 17.8 Å². The van der Waals surface area contributed by atoms with Gasteiger partial charge in [-0.15, -0.1) is 0 Å². The van der Waals surface area contributed by atoms with Crippen molar-refractivity contribution in [1.82, 2.24) is 9.80 Å². The zero-order valence-electron chi connectivity index (χ0n) is 15.5. The fourth-order valence-corrected chi connectivity index (χ4v) is 3.15. The van der Waals surface area contributed by atoms with Crippen LogP contribution in [0.5, 0.6) is 0 Å². The second-order valence-electron chi connectivity index (χ2n) is 7.39. The van der Waals surface area contributed by atoms with Crippen molar-refractivity contribution in [2.24, 2.45) is 17.8 Å². The molecule has 134 valence electrons. The highest BCUT2D eigenvalue weighted by Crippen LogP contribution is 2.19. The molecule has 0 saturated carbocycles. The molecular weight excluding hydrogens is 292 g/mol. The Morgan fingerprint density at radius 3 is 2.04 bits per heavy atom. The molecule has 5 heteroatoms. The van der Waals surface area contributed by atoms with Crippen molar-refractivity contribution in [1.29, 1.82) is 0 Å². The number of esters is 1. The molecule has 0 bridgehead atoms. The van der Waals surface area contributed by atoms with Crippen LogP contribution in [0.25, 0.3) is 0 Å². The Hall–Kier alpha value is -1.10. The first-order chi connectivity index (χ1) is 10.8. The second kappa shape index (κ2) is 9.91. The van der Waals surface area contributed by atoms with E-state index in [1.807, 2.05) is 11.8 Å². The normalized spacial score (nSPS) is 16.4. The minimum absolute atomic E-state index is 0.0403. The first-order valence-corrected chi connectivity index (χ1v) is 9.00. The van der Waals surface area contributed by atoms with E-state index in [2.05, 4.69) is 32.6 Å². The topological polar surface area (TPSA) is 49.9 Å². The van der Waals surface area contributed by atoms with E-state index in [0.717, 1.165) is 25.9 Å². The van der Waals surface area contributed by atoms with Crippen molar-refractivity contribution in [2.75, 3.05) is 39.3 Å². The van der Waals surface area contributed by atoms with Gasteiger partial charge in [0.05, 0.1) is 19.1 Å². The molecule has 1 rings (SSSR count). The lowest BCUT2D eigenvalue weighted by atomic mass is 9.97. The van der Waals surface area contributed by atoms with Crippen LogP contribution in [0.15, 0.2) is 0 Å². The molecule has 1 heterocycles. The van der Waals surface area contributed by atoms with Crippen LogP contribution in [-0.4, -0.2) is 61.0 Å². The van der Waals surface area contributed by atoms with Gasteiger partial charge < -0.3 is 9.64 Å². The van der Waals surface area contributed by atoms with Crippen LogP contribution in [0.4, 0.5) is 0 Å². The number of carbonyl (C=O) groups is 2. The summed E-state index contributed by atoms with van der Waals surface area (Å²) in [7, 11) is 0. The molecule has 0 radical (unpaired) electrons. The summed E-state index contributed by atoms with van der Waals surface area (Å²) < 4.78 is 5.08. The maximum Gasteiger partial charge on any atom is 0.309 e. The van der Waals surface area contributed by atoms with Crippen molar-refractivity contribution in [2.45, 2.75) is 47.5 Å². The average molecular weight is 326 g/mol. The highest BCUT2D eigenvalue weighted by atomic mass is 16.5. The Morgan fingerprint density at radius 2 is 1.61 bits per heavy atom. The summed E-state index contributed by atoms with van der Waals surface area (Å²) in [5.41, 5.74) is 0. The van der Waals surface area contributed by atoms with Gasteiger partial charge in [0.1, 0.15) is 0 Å².